The number of sulfone groups is 1. The molecule has 0 aliphatic heterocycles. The van der Waals surface area contributed by atoms with Crippen molar-refractivity contribution in [2.75, 3.05) is 0 Å². The minimum absolute atomic E-state index is 0.238. The van der Waals surface area contributed by atoms with E-state index in [1.54, 1.807) is 50.2 Å². The van der Waals surface area contributed by atoms with Crippen molar-refractivity contribution in [1.82, 2.24) is 0 Å². The Hall–Kier alpha value is -3.50. The Morgan fingerprint density at radius 1 is 1.12 bits per heavy atom. The summed E-state index contributed by atoms with van der Waals surface area (Å²) in [5.74, 6) is 5.65. The Labute approximate surface area is 202 Å². The maximum absolute atomic E-state index is 12.4. The topological polar surface area (TPSA) is 113 Å². The summed E-state index contributed by atoms with van der Waals surface area (Å²) in [6, 6.07) is 13.0. The first-order valence-corrected chi connectivity index (χ1v) is 12.6. The molecule has 0 spiro atoms. The zero-order chi connectivity index (χ0) is 25.5. The maximum Gasteiger partial charge on any atom is 0.248 e. The minimum atomic E-state index is -3.38. The zero-order valence-corrected chi connectivity index (χ0v) is 20.9. The van der Waals surface area contributed by atoms with E-state index in [9.17, 15) is 13.2 Å². The molecule has 0 saturated carbocycles. The fourth-order valence-corrected chi connectivity index (χ4v) is 4.01. The van der Waals surface area contributed by atoms with Gasteiger partial charge in [-0.15, -0.1) is 0 Å². The van der Waals surface area contributed by atoms with Crippen LogP contribution in [0.1, 0.15) is 62.0 Å². The second kappa shape index (κ2) is 11.6. The fourth-order valence-electron chi connectivity index (χ4n) is 2.95. The lowest BCUT2D eigenvalue weighted by Gasteiger charge is -2.10. The van der Waals surface area contributed by atoms with Gasteiger partial charge in [0.25, 0.3) is 0 Å². The number of primary amides is 1. The number of nitrogens with one attached hydrogen (secondary N) is 1. The van der Waals surface area contributed by atoms with Gasteiger partial charge in [0.1, 0.15) is 5.71 Å². The lowest BCUT2D eigenvalue weighted by Crippen LogP contribution is -2.15. The summed E-state index contributed by atoms with van der Waals surface area (Å²) in [5, 5.41) is 8.03. The van der Waals surface area contributed by atoms with Crippen LogP contribution in [-0.4, -0.2) is 31.0 Å². The molecule has 0 aliphatic rings. The summed E-state index contributed by atoms with van der Waals surface area (Å²) >= 11 is 0. The van der Waals surface area contributed by atoms with E-state index in [1.807, 2.05) is 0 Å². The molecular weight excluding hydrogens is 446 g/mol. The summed E-state index contributed by atoms with van der Waals surface area (Å²) in [5.41, 5.74) is 7.84. The highest BCUT2D eigenvalue weighted by Gasteiger charge is 2.19. The molecule has 0 heterocycles. The van der Waals surface area contributed by atoms with Crippen LogP contribution < -0.4 is 5.73 Å². The molecule has 0 saturated heterocycles. The van der Waals surface area contributed by atoms with E-state index in [0.717, 1.165) is 6.42 Å². The summed E-state index contributed by atoms with van der Waals surface area (Å²) in [6.45, 7) is 11.4. The van der Waals surface area contributed by atoms with Crippen LogP contribution in [0.15, 0.2) is 65.0 Å². The molecule has 0 aromatic heterocycles. The summed E-state index contributed by atoms with van der Waals surface area (Å²) in [4.78, 5) is 16.2. The Morgan fingerprint density at radius 2 is 1.76 bits per heavy atom. The first-order chi connectivity index (χ1) is 15.9. The van der Waals surface area contributed by atoms with Crippen molar-refractivity contribution in [3.05, 3.63) is 71.8 Å². The van der Waals surface area contributed by atoms with Gasteiger partial charge in [0.2, 0.25) is 5.91 Å². The largest absolute Gasteiger partial charge is 0.366 e. The Kier molecular flexibility index (Phi) is 9.11. The van der Waals surface area contributed by atoms with Gasteiger partial charge in [0.05, 0.1) is 21.6 Å². The number of hydrogen-bond acceptors (Lipinski definition) is 5. The zero-order valence-electron chi connectivity index (χ0n) is 20.1. The molecule has 34 heavy (non-hydrogen) atoms. The number of rotatable bonds is 9. The second-order valence-electron chi connectivity index (χ2n) is 8.42. The molecule has 2 rings (SSSR count). The Balaban J connectivity index is 2.42. The van der Waals surface area contributed by atoms with Crippen LogP contribution in [0.2, 0.25) is 0 Å². The van der Waals surface area contributed by atoms with Crippen molar-refractivity contribution in [3.8, 4) is 11.8 Å². The average Bonchev–Trinajstić information content (AvgIpc) is 2.81. The number of aliphatic imine (C=N–C) groups is 1. The van der Waals surface area contributed by atoms with Crippen LogP contribution in [0.3, 0.4) is 0 Å². The molecule has 6 nitrogen and oxygen atoms in total. The molecule has 2 aromatic carbocycles. The molecular formula is C27H31N3O3S. The minimum Gasteiger partial charge on any atom is -0.366 e. The molecule has 0 aliphatic carbocycles. The molecule has 2 aromatic rings. The van der Waals surface area contributed by atoms with Crippen LogP contribution >= 0.6 is 0 Å². The monoisotopic (exact) mass is 477 g/mol. The summed E-state index contributed by atoms with van der Waals surface area (Å²) in [6.07, 6.45) is 1.42. The van der Waals surface area contributed by atoms with Crippen LogP contribution in [0, 0.1) is 23.2 Å². The van der Waals surface area contributed by atoms with Gasteiger partial charge in [-0.1, -0.05) is 51.0 Å². The number of nitrogens with two attached hydrogens (primary N) is 1. The van der Waals surface area contributed by atoms with Crippen LogP contribution in [0.4, 0.5) is 0 Å². The molecule has 0 radical (unpaired) electrons. The van der Waals surface area contributed by atoms with Gasteiger partial charge in [-0.3, -0.25) is 4.79 Å². The van der Waals surface area contributed by atoms with E-state index < -0.39 is 21.0 Å². The molecule has 178 valence electrons. The van der Waals surface area contributed by atoms with Gasteiger partial charge in [0, 0.05) is 11.1 Å². The van der Waals surface area contributed by atoms with E-state index in [1.165, 1.54) is 12.1 Å². The van der Waals surface area contributed by atoms with E-state index in [4.69, 9.17) is 11.1 Å². The predicted molar refractivity (Wildman–Crippen MR) is 139 cm³/mol. The number of amides is 1. The first kappa shape index (κ1) is 26.7. The molecule has 1 amide bonds. The lowest BCUT2D eigenvalue weighted by molar-refractivity contribution is 0.1000. The van der Waals surface area contributed by atoms with Gasteiger partial charge in [-0.05, 0) is 68.0 Å². The molecule has 0 bridgehead atoms. The predicted octanol–water partition coefficient (Wildman–Crippen LogP) is 4.89. The van der Waals surface area contributed by atoms with E-state index in [0.29, 0.717) is 28.8 Å². The highest BCUT2D eigenvalue weighted by Crippen LogP contribution is 2.21. The average molecular weight is 478 g/mol. The number of nitrogens with zero attached hydrogens (tertiary/aromatic N) is 1. The molecule has 1 atom stereocenters. The molecule has 7 heteroatoms. The van der Waals surface area contributed by atoms with E-state index >= 15 is 0 Å². The number of hydrogen-bond donors (Lipinski definition) is 2. The van der Waals surface area contributed by atoms with Crippen molar-refractivity contribution in [2.45, 2.75) is 50.7 Å². The molecule has 3 N–H and O–H groups in total. The molecule has 0 fully saturated rings. The standard InChI is InChI=1S/C27H31N3O3S/c1-6-19(4)16-25(28)26(15-10-21-8-7-9-23(17-21)27(29)31)30-20(5)22-11-13-24(14-12-22)34(32,33)18(2)3/h7-9,11-14,17-19,28H,5-6,16H2,1-4H3,(H2,29,31). The third kappa shape index (κ3) is 7.00. The third-order valence-corrected chi connectivity index (χ3v) is 7.56. The Morgan fingerprint density at radius 3 is 2.32 bits per heavy atom. The second-order valence-corrected chi connectivity index (χ2v) is 10.9. The smallest absolute Gasteiger partial charge is 0.248 e. The van der Waals surface area contributed by atoms with Crippen molar-refractivity contribution in [3.63, 3.8) is 0 Å². The summed E-state index contributed by atoms with van der Waals surface area (Å²) < 4.78 is 24.7. The van der Waals surface area contributed by atoms with Gasteiger partial charge >= 0.3 is 0 Å². The lowest BCUT2D eigenvalue weighted by atomic mass is 9.98. The number of carbonyl (C=O) groups excluding carboxylic acids is 1. The van der Waals surface area contributed by atoms with Crippen molar-refractivity contribution >= 4 is 32.9 Å². The van der Waals surface area contributed by atoms with Crippen LogP contribution in [0.5, 0.6) is 0 Å². The van der Waals surface area contributed by atoms with E-state index in [2.05, 4.69) is 37.3 Å². The molecule has 1 unspecified atom stereocenters. The fraction of sp³-hybridized carbons (Fsp3) is 0.296. The van der Waals surface area contributed by atoms with Crippen molar-refractivity contribution in [2.24, 2.45) is 16.6 Å². The van der Waals surface area contributed by atoms with Gasteiger partial charge in [0.15, 0.2) is 9.84 Å². The van der Waals surface area contributed by atoms with Gasteiger partial charge in [-0.2, -0.15) is 0 Å². The van der Waals surface area contributed by atoms with Gasteiger partial charge in [-0.25, -0.2) is 13.4 Å². The van der Waals surface area contributed by atoms with Crippen molar-refractivity contribution < 1.29 is 13.2 Å². The first-order valence-electron chi connectivity index (χ1n) is 11.1. The van der Waals surface area contributed by atoms with Gasteiger partial charge < -0.3 is 11.1 Å². The highest BCUT2D eigenvalue weighted by molar-refractivity contribution is 7.92. The van der Waals surface area contributed by atoms with Crippen molar-refractivity contribution in [1.29, 1.82) is 5.41 Å². The third-order valence-electron chi connectivity index (χ3n) is 5.39. The van der Waals surface area contributed by atoms with Crippen LogP contribution in [0.25, 0.3) is 5.70 Å². The number of benzene rings is 2. The SMILES string of the molecule is C=C(N=C(C#Cc1cccc(C(N)=O)c1)C(=N)CC(C)CC)c1ccc(S(=O)(=O)C(C)C)cc1. The highest BCUT2D eigenvalue weighted by atomic mass is 32.2. The number of carbonyl (C=O) groups is 1. The maximum atomic E-state index is 12.4. The normalized spacial score (nSPS) is 12.6. The quantitative estimate of drug-likeness (QED) is 0.396. The summed E-state index contributed by atoms with van der Waals surface area (Å²) in [7, 11) is -3.38. The Bertz CT molecular complexity index is 1280. The van der Waals surface area contributed by atoms with Crippen LogP contribution in [-0.2, 0) is 9.84 Å². The van der Waals surface area contributed by atoms with E-state index in [-0.39, 0.29) is 22.2 Å².